The van der Waals surface area contributed by atoms with Gasteiger partial charge in [-0.2, -0.15) is 0 Å². The van der Waals surface area contributed by atoms with Gasteiger partial charge in [-0.05, 0) is 24.3 Å². The SMILES string of the molecule is O=C(Nc1ccccc1)N1CCN(CCOc2ccccc2)CC1. The quantitative estimate of drug-likeness (QED) is 0.919. The molecule has 0 bridgehead atoms. The van der Waals surface area contributed by atoms with Gasteiger partial charge in [0.2, 0.25) is 0 Å². The Morgan fingerprint density at radius 2 is 1.54 bits per heavy atom. The predicted molar refractivity (Wildman–Crippen MR) is 95.4 cm³/mol. The Morgan fingerprint density at radius 3 is 2.21 bits per heavy atom. The van der Waals surface area contributed by atoms with E-state index in [4.69, 9.17) is 4.74 Å². The summed E-state index contributed by atoms with van der Waals surface area (Å²) < 4.78 is 5.73. The monoisotopic (exact) mass is 325 g/mol. The molecule has 126 valence electrons. The highest BCUT2D eigenvalue weighted by Crippen LogP contribution is 2.10. The Balaban J connectivity index is 1.37. The minimum absolute atomic E-state index is 0.0265. The van der Waals surface area contributed by atoms with Crippen LogP contribution in [0.5, 0.6) is 5.75 Å². The van der Waals surface area contributed by atoms with E-state index in [2.05, 4.69) is 10.2 Å². The van der Waals surface area contributed by atoms with E-state index in [1.807, 2.05) is 65.6 Å². The third kappa shape index (κ3) is 4.73. The number of anilines is 1. The number of urea groups is 1. The zero-order chi connectivity index (χ0) is 16.6. The first kappa shape index (κ1) is 16.3. The van der Waals surface area contributed by atoms with Gasteiger partial charge in [0, 0.05) is 38.4 Å². The first-order valence-electron chi connectivity index (χ1n) is 8.32. The van der Waals surface area contributed by atoms with Crippen LogP contribution in [-0.4, -0.2) is 55.2 Å². The van der Waals surface area contributed by atoms with Crippen LogP contribution in [-0.2, 0) is 0 Å². The Bertz CT molecular complexity index is 626. The first-order chi connectivity index (χ1) is 11.8. The highest BCUT2D eigenvalue weighted by Gasteiger charge is 2.20. The van der Waals surface area contributed by atoms with Crippen LogP contribution in [0.4, 0.5) is 10.5 Å². The van der Waals surface area contributed by atoms with Gasteiger partial charge in [-0.15, -0.1) is 0 Å². The Kier molecular flexibility index (Phi) is 5.69. The standard InChI is InChI=1S/C19H23N3O2/c23-19(20-17-7-3-1-4-8-17)22-13-11-21(12-14-22)15-16-24-18-9-5-2-6-10-18/h1-10H,11-16H2,(H,20,23). The van der Waals surface area contributed by atoms with Crippen LogP contribution in [0.15, 0.2) is 60.7 Å². The molecular formula is C19H23N3O2. The van der Waals surface area contributed by atoms with Crippen LogP contribution >= 0.6 is 0 Å². The number of amides is 2. The second-order valence-corrected chi connectivity index (χ2v) is 5.79. The van der Waals surface area contributed by atoms with Crippen molar-refractivity contribution in [2.75, 3.05) is 44.6 Å². The highest BCUT2D eigenvalue weighted by molar-refractivity contribution is 5.89. The van der Waals surface area contributed by atoms with Crippen LogP contribution in [0.25, 0.3) is 0 Å². The second-order valence-electron chi connectivity index (χ2n) is 5.79. The van der Waals surface area contributed by atoms with Crippen molar-refractivity contribution in [1.82, 2.24) is 9.80 Å². The lowest BCUT2D eigenvalue weighted by Gasteiger charge is -2.34. The van der Waals surface area contributed by atoms with Gasteiger partial charge in [0.15, 0.2) is 0 Å². The summed E-state index contributed by atoms with van der Waals surface area (Å²) in [5.41, 5.74) is 0.834. The molecule has 0 aromatic heterocycles. The number of benzene rings is 2. The van der Waals surface area contributed by atoms with E-state index < -0.39 is 0 Å². The summed E-state index contributed by atoms with van der Waals surface area (Å²) in [6, 6.07) is 19.4. The maximum Gasteiger partial charge on any atom is 0.321 e. The predicted octanol–water partition coefficient (Wildman–Crippen LogP) is 2.92. The number of carbonyl (C=O) groups excluding carboxylic acids is 1. The lowest BCUT2D eigenvalue weighted by molar-refractivity contribution is 0.132. The first-order valence-corrected chi connectivity index (χ1v) is 8.32. The Morgan fingerprint density at radius 1 is 0.917 bits per heavy atom. The lowest BCUT2D eigenvalue weighted by Crippen LogP contribution is -2.50. The number of rotatable bonds is 5. The number of ether oxygens (including phenoxy) is 1. The number of para-hydroxylation sites is 2. The van der Waals surface area contributed by atoms with Crippen LogP contribution < -0.4 is 10.1 Å². The minimum atomic E-state index is -0.0265. The summed E-state index contributed by atoms with van der Waals surface area (Å²) in [6.45, 7) is 4.78. The molecule has 3 rings (SSSR count). The van der Waals surface area contributed by atoms with Crippen molar-refractivity contribution in [3.8, 4) is 5.75 Å². The van der Waals surface area contributed by atoms with Gasteiger partial charge in [0.05, 0.1) is 0 Å². The van der Waals surface area contributed by atoms with Gasteiger partial charge >= 0.3 is 6.03 Å². The molecule has 1 aliphatic heterocycles. The van der Waals surface area contributed by atoms with Crippen molar-refractivity contribution in [2.24, 2.45) is 0 Å². The number of piperazine rings is 1. The third-order valence-electron chi connectivity index (χ3n) is 4.10. The van der Waals surface area contributed by atoms with E-state index >= 15 is 0 Å². The van der Waals surface area contributed by atoms with Crippen LogP contribution in [0.1, 0.15) is 0 Å². The molecular weight excluding hydrogens is 302 g/mol. The fraction of sp³-hybridized carbons (Fsp3) is 0.316. The van der Waals surface area contributed by atoms with E-state index in [9.17, 15) is 4.79 Å². The van der Waals surface area contributed by atoms with Crippen LogP contribution in [0.2, 0.25) is 0 Å². The lowest BCUT2D eigenvalue weighted by atomic mass is 10.3. The second kappa shape index (κ2) is 8.36. The molecule has 1 saturated heterocycles. The van der Waals surface area contributed by atoms with Crippen molar-refractivity contribution in [2.45, 2.75) is 0 Å². The minimum Gasteiger partial charge on any atom is -0.492 e. The number of nitrogens with zero attached hydrogens (tertiary/aromatic N) is 2. The number of nitrogens with one attached hydrogen (secondary N) is 1. The summed E-state index contributed by atoms with van der Waals surface area (Å²) in [5.74, 6) is 0.901. The molecule has 1 aliphatic rings. The van der Waals surface area contributed by atoms with Crippen LogP contribution in [0, 0.1) is 0 Å². The zero-order valence-electron chi connectivity index (χ0n) is 13.7. The smallest absolute Gasteiger partial charge is 0.321 e. The Labute approximate surface area is 142 Å². The molecule has 0 spiro atoms. The van der Waals surface area contributed by atoms with Crippen molar-refractivity contribution >= 4 is 11.7 Å². The molecule has 0 saturated carbocycles. The molecule has 2 aromatic carbocycles. The van der Waals surface area contributed by atoms with Crippen molar-refractivity contribution in [3.63, 3.8) is 0 Å². The van der Waals surface area contributed by atoms with E-state index in [-0.39, 0.29) is 6.03 Å². The molecule has 1 fully saturated rings. The van der Waals surface area contributed by atoms with Crippen molar-refractivity contribution in [1.29, 1.82) is 0 Å². The van der Waals surface area contributed by atoms with E-state index in [0.29, 0.717) is 6.61 Å². The van der Waals surface area contributed by atoms with Gasteiger partial charge in [-0.1, -0.05) is 36.4 Å². The maximum atomic E-state index is 12.2. The summed E-state index contributed by atoms with van der Waals surface area (Å²) in [4.78, 5) is 16.4. The fourth-order valence-electron chi connectivity index (χ4n) is 2.71. The number of hydrogen-bond acceptors (Lipinski definition) is 3. The number of carbonyl (C=O) groups is 1. The van der Waals surface area contributed by atoms with Crippen LogP contribution in [0.3, 0.4) is 0 Å². The molecule has 5 heteroatoms. The summed E-state index contributed by atoms with van der Waals surface area (Å²) in [5, 5.41) is 2.93. The van der Waals surface area contributed by atoms with Gasteiger partial charge in [0.25, 0.3) is 0 Å². The van der Waals surface area contributed by atoms with E-state index in [0.717, 1.165) is 44.2 Å². The van der Waals surface area contributed by atoms with E-state index in [1.54, 1.807) is 0 Å². The molecule has 1 N–H and O–H groups in total. The normalized spacial score (nSPS) is 15.1. The molecule has 24 heavy (non-hydrogen) atoms. The Hall–Kier alpha value is -2.53. The molecule has 2 aromatic rings. The molecule has 2 amide bonds. The van der Waals surface area contributed by atoms with Gasteiger partial charge in [-0.25, -0.2) is 4.79 Å². The van der Waals surface area contributed by atoms with Gasteiger partial charge in [-0.3, -0.25) is 4.90 Å². The van der Waals surface area contributed by atoms with Gasteiger partial charge < -0.3 is 15.0 Å². The molecule has 0 atom stereocenters. The summed E-state index contributed by atoms with van der Waals surface area (Å²) >= 11 is 0. The molecule has 1 heterocycles. The highest BCUT2D eigenvalue weighted by atomic mass is 16.5. The fourth-order valence-corrected chi connectivity index (χ4v) is 2.71. The molecule has 5 nitrogen and oxygen atoms in total. The summed E-state index contributed by atoms with van der Waals surface area (Å²) in [7, 11) is 0. The average molecular weight is 325 g/mol. The largest absolute Gasteiger partial charge is 0.492 e. The zero-order valence-corrected chi connectivity index (χ0v) is 13.7. The average Bonchev–Trinajstić information content (AvgIpc) is 2.64. The molecule has 0 radical (unpaired) electrons. The molecule has 0 aliphatic carbocycles. The van der Waals surface area contributed by atoms with Crippen molar-refractivity contribution in [3.05, 3.63) is 60.7 Å². The summed E-state index contributed by atoms with van der Waals surface area (Å²) in [6.07, 6.45) is 0. The van der Waals surface area contributed by atoms with Gasteiger partial charge in [0.1, 0.15) is 12.4 Å². The maximum absolute atomic E-state index is 12.2. The van der Waals surface area contributed by atoms with Crippen molar-refractivity contribution < 1.29 is 9.53 Å². The topological polar surface area (TPSA) is 44.8 Å². The molecule has 0 unspecified atom stereocenters. The number of hydrogen-bond donors (Lipinski definition) is 1. The third-order valence-corrected chi connectivity index (χ3v) is 4.10. The van der Waals surface area contributed by atoms with E-state index in [1.165, 1.54) is 0 Å².